The molecule has 0 aliphatic rings. The van der Waals surface area contributed by atoms with Gasteiger partial charge in [0.1, 0.15) is 11.5 Å². The molecule has 0 fully saturated rings. The number of aryl methyl sites for hydroxylation is 1. The average molecular weight is 306 g/mol. The monoisotopic (exact) mass is 306 g/mol. The van der Waals surface area contributed by atoms with E-state index in [1.165, 1.54) is 10.7 Å². The molecule has 0 radical (unpaired) electrons. The Morgan fingerprint density at radius 1 is 1.23 bits per heavy atom. The number of aromatic nitrogens is 2. The average Bonchev–Trinajstić information content (AvgIpc) is 2.89. The van der Waals surface area contributed by atoms with Crippen LogP contribution in [0.3, 0.4) is 0 Å². The topological polar surface area (TPSA) is 82.8 Å². The van der Waals surface area contributed by atoms with Gasteiger partial charge in [-0.2, -0.15) is 5.10 Å². The van der Waals surface area contributed by atoms with Crippen LogP contribution in [-0.2, 0) is 18.4 Å². The highest BCUT2D eigenvalue weighted by molar-refractivity contribution is 5.87. The van der Waals surface area contributed by atoms with E-state index in [9.17, 15) is 4.79 Å². The summed E-state index contributed by atoms with van der Waals surface area (Å²) in [5.74, 6) is 0.143. The molecule has 1 heterocycles. The SMILES string of the molecule is COCc1cc(OC)cc(-c2cc(C(=O)O)nn2C)c1OC. The number of hydrogen-bond donors (Lipinski definition) is 1. The van der Waals surface area contributed by atoms with Crippen LogP contribution in [0.4, 0.5) is 0 Å². The predicted molar refractivity (Wildman–Crippen MR) is 79.4 cm³/mol. The molecule has 2 aromatic rings. The van der Waals surface area contributed by atoms with E-state index in [1.807, 2.05) is 6.07 Å². The first-order chi connectivity index (χ1) is 10.5. The van der Waals surface area contributed by atoms with Gasteiger partial charge in [-0.1, -0.05) is 0 Å². The number of carboxylic acids is 1. The maximum Gasteiger partial charge on any atom is 0.356 e. The molecule has 0 bridgehead atoms. The van der Waals surface area contributed by atoms with Gasteiger partial charge in [0.05, 0.1) is 26.5 Å². The van der Waals surface area contributed by atoms with E-state index in [0.717, 1.165) is 5.56 Å². The zero-order valence-electron chi connectivity index (χ0n) is 12.9. The highest BCUT2D eigenvalue weighted by Gasteiger charge is 2.19. The quantitative estimate of drug-likeness (QED) is 0.878. The van der Waals surface area contributed by atoms with Gasteiger partial charge in [-0.3, -0.25) is 4.68 Å². The van der Waals surface area contributed by atoms with Crippen molar-refractivity contribution in [3.8, 4) is 22.8 Å². The van der Waals surface area contributed by atoms with E-state index in [1.54, 1.807) is 34.4 Å². The second kappa shape index (κ2) is 6.48. The lowest BCUT2D eigenvalue weighted by atomic mass is 10.0. The Balaban J connectivity index is 2.67. The van der Waals surface area contributed by atoms with Crippen molar-refractivity contribution in [2.24, 2.45) is 7.05 Å². The Morgan fingerprint density at radius 3 is 2.45 bits per heavy atom. The van der Waals surface area contributed by atoms with Crippen LogP contribution in [0.25, 0.3) is 11.3 Å². The van der Waals surface area contributed by atoms with E-state index in [0.29, 0.717) is 29.4 Å². The lowest BCUT2D eigenvalue weighted by Crippen LogP contribution is -2.01. The van der Waals surface area contributed by atoms with E-state index in [-0.39, 0.29) is 5.69 Å². The van der Waals surface area contributed by atoms with Crippen molar-refractivity contribution >= 4 is 5.97 Å². The summed E-state index contributed by atoms with van der Waals surface area (Å²) in [6, 6.07) is 5.09. The molecular formula is C15H18N2O5. The summed E-state index contributed by atoms with van der Waals surface area (Å²) in [5, 5.41) is 13.1. The molecule has 7 heteroatoms. The minimum atomic E-state index is -1.08. The number of nitrogens with zero attached hydrogens (tertiary/aromatic N) is 2. The van der Waals surface area contributed by atoms with Gasteiger partial charge in [0.15, 0.2) is 5.69 Å². The maximum absolute atomic E-state index is 11.1. The predicted octanol–water partition coefficient (Wildman–Crippen LogP) is 1.95. The van der Waals surface area contributed by atoms with Gasteiger partial charge in [-0.25, -0.2) is 4.79 Å². The fourth-order valence-electron chi connectivity index (χ4n) is 2.30. The third-order valence-electron chi connectivity index (χ3n) is 3.25. The third kappa shape index (κ3) is 2.89. The number of rotatable bonds is 6. The molecule has 118 valence electrons. The zero-order chi connectivity index (χ0) is 16.3. The fraction of sp³-hybridized carbons (Fsp3) is 0.333. The minimum absolute atomic E-state index is 0.0318. The highest BCUT2D eigenvalue weighted by Crippen LogP contribution is 2.37. The van der Waals surface area contributed by atoms with Gasteiger partial charge < -0.3 is 19.3 Å². The van der Waals surface area contributed by atoms with Crippen LogP contribution >= 0.6 is 0 Å². The second-order valence-electron chi connectivity index (χ2n) is 4.64. The fourth-order valence-corrected chi connectivity index (χ4v) is 2.30. The molecule has 0 saturated heterocycles. The summed E-state index contributed by atoms with van der Waals surface area (Å²) >= 11 is 0. The summed E-state index contributed by atoms with van der Waals surface area (Å²) in [6.07, 6.45) is 0. The van der Waals surface area contributed by atoms with Gasteiger partial charge in [0, 0.05) is 25.3 Å². The Hall–Kier alpha value is -2.54. The van der Waals surface area contributed by atoms with Crippen molar-refractivity contribution in [1.29, 1.82) is 0 Å². The van der Waals surface area contributed by atoms with E-state index in [4.69, 9.17) is 19.3 Å². The number of carboxylic acid groups (broad SMARTS) is 1. The minimum Gasteiger partial charge on any atom is -0.497 e. The Bertz CT molecular complexity index is 693. The molecular weight excluding hydrogens is 288 g/mol. The Kier molecular flexibility index (Phi) is 4.67. The van der Waals surface area contributed by atoms with Crippen LogP contribution < -0.4 is 9.47 Å². The molecule has 0 aliphatic heterocycles. The number of ether oxygens (including phenoxy) is 3. The van der Waals surface area contributed by atoms with Crippen molar-refractivity contribution in [2.45, 2.75) is 6.61 Å². The maximum atomic E-state index is 11.1. The number of hydrogen-bond acceptors (Lipinski definition) is 5. The molecule has 0 atom stereocenters. The van der Waals surface area contributed by atoms with E-state index >= 15 is 0 Å². The molecule has 0 amide bonds. The molecule has 1 aromatic carbocycles. The largest absolute Gasteiger partial charge is 0.497 e. The summed E-state index contributed by atoms with van der Waals surface area (Å²) in [5.41, 5.74) is 2.08. The molecule has 2 rings (SSSR count). The van der Waals surface area contributed by atoms with Gasteiger partial charge in [-0.05, 0) is 18.2 Å². The summed E-state index contributed by atoms with van der Waals surface area (Å²) in [7, 11) is 6.38. The molecule has 7 nitrogen and oxygen atoms in total. The normalized spacial score (nSPS) is 10.5. The molecule has 1 N–H and O–H groups in total. The van der Waals surface area contributed by atoms with Crippen LogP contribution in [0, 0.1) is 0 Å². The summed E-state index contributed by atoms with van der Waals surface area (Å²) < 4.78 is 17.5. The van der Waals surface area contributed by atoms with Crippen LogP contribution in [0.15, 0.2) is 18.2 Å². The van der Waals surface area contributed by atoms with Crippen molar-refractivity contribution in [1.82, 2.24) is 9.78 Å². The standard InChI is InChI=1S/C15H18N2O5/c1-17-13(7-12(16-17)15(18)19)11-6-10(21-3)5-9(8-20-2)14(11)22-4/h5-7H,8H2,1-4H3,(H,18,19). The van der Waals surface area contributed by atoms with Crippen LogP contribution in [0.2, 0.25) is 0 Å². The lowest BCUT2D eigenvalue weighted by molar-refractivity contribution is 0.0689. The molecule has 1 aromatic heterocycles. The number of carbonyl (C=O) groups is 1. The lowest BCUT2D eigenvalue weighted by Gasteiger charge is -2.15. The van der Waals surface area contributed by atoms with Crippen molar-refractivity contribution in [2.75, 3.05) is 21.3 Å². The van der Waals surface area contributed by atoms with Gasteiger partial charge in [-0.15, -0.1) is 0 Å². The molecule has 0 saturated carbocycles. The molecule has 0 aliphatic carbocycles. The number of benzene rings is 1. The van der Waals surface area contributed by atoms with Gasteiger partial charge in [0.2, 0.25) is 0 Å². The third-order valence-corrected chi connectivity index (χ3v) is 3.25. The first-order valence-electron chi connectivity index (χ1n) is 6.53. The first-order valence-corrected chi connectivity index (χ1v) is 6.53. The summed E-state index contributed by atoms with van der Waals surface area (Å²) in [6.45, 7) is 0.344. The smallest absolute Gasteiger partial charge is 0.356 e. The van der Waals surface area contributed by atoms with Crippen molar-refractivity contribution < 1.29 is 24.1 Å². The molecule has 22 heavy (non-hydrogen) atoms. The first kappa shape index (κ1) is 15.8. The van der Waals surface area contributed by atoms with E-state index < -0.39 is 5.97 Å². The van der Waals surface area contributed by atoms with Crippen LogP contribution in [-0.4, -0.2) is 42.2 Å². The molecule has 0 spiro atoms. The van der Waals surface area contributed by atoms with E-state index in [2.05, 4.69) is 5.10 Å². The number of methoxy groups -OCH3 is 3. The Morgan fingerprint density at radius 2 is 1.95 bits per heavy atom. The Labute approximate surface area is 128 Å². The zero-order valence-corrected chi connectivity index (χ0v) is 12.9. The second-order valence-corrected chi connectivity index (χ2v) is 4.64. The van der Waals surface area contributed by atoms with Crippen molar-refractivity contribution in [3.05, 3.63) is 29.5 Å². The highest BCUT2D eigenvalue weighted by atomic mass is 16.5. The van der Waals surface area contributed by atoms with Crippen LogP contribution in [0.5, 0.6) is 11.5 Å². The molecule has 0 unspecified atom stereocenters. The van der Waals surface area contributed by atoms with Crippen LogP contribution in [0.1, 0.15) is 16.1 Å². The van der Waals surface area contributed by atoms with Gasteiger partial charge in [0.25, 0.3) is 0 Å². The van der Waals surface area contributed by atoms with Crippen molar-refractivity contribution in [3.63, 3.8) is 0 Å². The summed E-state index contributed by atoms with van der Waals surface area (Å²) in [4.78, 5) is 11.1. The van der Waals surface area contributed by atoms with Gasteiger partial charge >= 0.3 is 5.97 Å². The number of aromatic carboxylic acids is 1.